The molecule has 4 nitrogen and oxygen atoms in total. The SMILES string of the molecule is Cc1n[nH]c(C)c1C1NCCc2occc21. The van der Waals surface area contributed by atoms with E-state index in [1.54, 1.807) is 6.26 Å². The molecule has 4 heteroatoms. The minimum atomic E-state index is 0.223. The first-order chi connectivity index (χ1) is 7.77. The number of fused-ring (bicyclic) bond motifs is 1. The number of aromatic nitrogens is 2. The molecule has 0 fully saturated rings. The van der Waals surface area contributed by atoms with Gasteiger partial charge in [-0.05, 0) is 19.9 Å². The average molecular weight is 217 g/mol. The van der Waals surface area contributed by atoms with Crippen LogP contribution >= 0.6 is 0 Å². The molecule has 1 atom stereocenters. The number of nitrogens with one attached hydrogen (secondary N) is 2. The molecule has 84 valence electrons. The Morgan fingerprint density at radius 3 is 3.06 bits per heavy atom. The lowest BCUT2D eigenvalue weighted by Crippen LogP contribution is -2.30. The summed E-state index contributed by atoms with van der Waals surface area (Å²) < 4.78 is 5.49. The zero-order valence-corrected chi connectivity index (χ0v) is 9.50. The van der Waals surface area contributed by atoms with Crippen molar-refractivity contribution >= 4 is 0 Å². The lowest BCUT2D eigenvalue weighted by Gasteiger charge is -2.23. The van der Waals surface area contributed by atoms with Crippen LogP contribution in [-0.4, -0.2) is 16.7 Å². The first-order valence-corrected chi connectivity index (χ1v) is 5.58. The molecule has 0 bridgehead atoms. The number of aryl methyl sites for hydroxylation is 2. The number of hydrogen-bond acceptors (Lipinski definition) is 3. The van der Waals surface area contributed by atoms with Crippen LogP contribution in [-0.2, 0) is 6.42 Å². The summed E-state index contributed by atoms with van der Waals surface area (Å²) >= 11 is 0. The van der Waals surface area contributed by atoms with E-state index in [1.807, 2.05) is 6.92 Å². The van der Waals surface area contributed by atoms with Gasteiger partial charge in [-0.15, -0.1) is 0 Å². The molecule has 1 unspecified atom stereocenters. The predicted octanol–water partition coefficient (Wildman–Crippen LogP) is 1.85. The van der Waals surface area contributed by atoms with Crippen LogP contribution in [0.1, 0.15) is 34.3 Å². The van der Waals surface area contributed by atoms with E-state index >= 15 is 0 Å². The summed E-state index contributed by atoms with van der Waals surface area (Å²) in [6.45, 7) is 5.05. The molecule has 0 spiro atoms. The van der Waals surface area contributed by atoms with Gasteiger partial charge in [-0.25, -0.2) is 0 Å². The summed E-state index contributed by atoms with van der Waals surface area (Å²) in [5.74, 6) is 1.10. The van der Waals surface area contributed by atoms with Crippen molar-refractivity contribution in [2.75, 3.05) is 6.54 Å². The van der Waals surface area contributed by atoms with E-state index in [-0.39, 0.29) is 6.04 Å². The smallest absolute Gasteiger partial charge is 0.110 e. The zero-order chi connectivity index (χ0) is 11.1. The van der Waals surface area contributed by atoms with Gasteiger partial charge in [0.2, 0.25) is 0 Å². The molecule has 16 heavy (non-hydrogen) atoms. The molecule has 0 radical (unpaired) electrons. The number of furan rings is 1. The molecule has 0 amide bonds. The van der Waals surface area contributed by atoms with Crippen molar-refractivity contribution in [2.24, 2.45) is 0 Å². The number of hydrogen-bond donors (Lipinski definition) is 2. The molecule has 2 aromatic heterocycles. The Morgan fingerprint density at radius 1 is 1.44 bits per heavy atom. The van der Waals surface area contributed by atoms with Crippen molar-refractivity contribution < 1.29 is 4.42 Å². The van der Waals surface area contributed by atoms with Gasteiger partial charge >= 0.3 is 0 Å². The summed E-state index contributed by atoms with van der Waals surface area (Å²) in [4.78, 5) is 0. The molecule has 0 saturated carbocycles. The third-order valence-electron chi connectivity index (χ3n) is 3.27. The second-order valence-electron chi connectivity index (χ2n) is 4.28. The van der Waals surface area contributed by atoms with Gasteiger partial charge in [-0.3, -0.25) is 5.10 Å². The highest BCUT2D eigenvalue weighted by Crippen LogP contribution is 2.31. The molecule has 2 aromatic rings. The fourth-order valence-corrected chi connectivity index (χ4v) is 2.49. The summed E-state index contributed by atoms with van der Waals surface area (Å²) in [5.41, 5.74) is 4.69. The minimum Gasteiger partial charge on any atom is -0.469 e. The van der Waals surface area contributed by atoms with Crippen molar-refractivity contribution in [1.29, 1.82) is 0 Å². The average Bonchev–Trinajstić information content (AvgIpc) is 2.86. The maximum atomic E-state index is 5.49. The summed E-state index contributed by atoms with van der Waals surface area (Å²) in [6.07, 6.45) is 2.74. The summed E-state index contributed by atoms with van der Waals surface area (Å²) in [5, 5.41) is 10.8. The molecule has 0 aliphatic carbocycles. The monoisotopic (exact) mass is 217 g/mol. The predicted molar refractivity (Wildman–Crippen MR) is 60.3 cm³/mol. The highest BCUT2D eigenvalue weighted by Gasteiger charge is 2.27. The first-order valence-electron chi connectivity index (χ1n) is 5.58. The van der Waals surface area contributed by atoms with Crippen molar-refractivity contribution in [3.05, 3.63) is 40.6 Å². The van der Waals surface area contributed by atoms with Gasteiger partial charge in [0.05, 0.1) is 18.0 Å². The molecule has 3 rings (SSSR count). The summed E-state index contributed by atoms with van der Waals surface area (Å²) in [7, 11) is 0. The second-order valence-corrected chi connectivity index (χ2v) is 4.28. The normalized spacial score (nSPS) is 19.8. The third-order valence-corrected chi connectivity index (χ3v) is 3.27. The minimum absolute atomic E-state index is 0.223. The van der Waals surface area contributed by atoms with Gasteiger partial charge in [0.15, 0.2) is 0 Å². The Bertz CT molecular complexity index is 493. The van der Waals surface area contributed by atoms with Gasteiger partial charge in [-0.2, -0.15) is 5.10 Å². The fraction of sp³-hybridized carbons (Fsp3) is 0.417. The summed E-state index contributed by atoms with van der Waals surface area (Å²) in [6, 6.07) is 2.28. The molecule has 3 heterocycles. The van der Waals surface area contributed by atoms with E-state index < -0.39 is 0 Å². The quantitative estimate of drug-likeness (QED) is 0.766. The van der Waals surface area contributed by atoms with Crippen LogP contribution in [0.3, 0.4) is 0 Å². The zero-order valence-electron chi connectivity index (χ0n) is 9.50. The highest BCUT2D eigenvalue weighted by molar-refractivity contribution is 5.39. The Kier molecular flexibility index (Phi) is 2.11. The van der Waals surface area contributed by atoms with E-state index in [4.69, 9.17) is 4.42 Å². The van der Waals surface area contributed by atoms with Crippen LogP contribution in [0.15, 0.2) is 16.7 Å². The number of rotatable bonds is 1. The van der Waals surface area contributed by atoms with E-state index in [2.05, 4.69) is 28.5 Å². The maximum Gasteiger partial charge on any atom is 0.110 e. The van der Waals surface area contributed by atoms with E-state index in [0.29, 0.717) is 0 Å². The molecule has 0 aromatic carbocycles. The number of aromatic amines is 1. The Balaban J connectivity index is 2.10. The Hall–Kier alpha value is -1.55. The standard InChI is InChI=1S/C12H15N3O/c1-7-11(8(2)15-14-7)12-9-4-6-16-10(9)3-5-13-12/h4,6,12-13H,3,5H2,1-2H3,(H,14,15). The molecule has 1 aliphatic rings. The molecule has 0 saturated heterocycles. The van der Waals surface area contributed by atoms with Crippen molar-refractivity contribution in [3.8, 4) is 0 Å². The van der Waals surface area contributed by atoms with Gasteiger partial charge in [0, 0.05) is 29.8 Å². The van der Waals surface area contributed by atoms with Crippen molar-refractivity contribution in [2.45, 2.75) is 26.3 Å². The Labute approximate surface area is 94.0 Å². The fourth-order valence-electron chi connectivity index (χ4n) is 2.49. The van der Waals surface area contributed by atoms with Gasteiger partial charge in [0.1, 0.15) is 5.76 Å². The van der Waals surface area contributed by atoms with Crippen LogP contribution in [0.4, 0.5) is 0 Å². The topological polar surface area (TPSA) is 53.9 Å². The van der Waals surface area contributed by atoms with Gasteiger partial charge in [-0.1, -0.05) is 0 Å². The largest absolute Gasteiger partial charge is 0.469 e. The van der Waals surface area contributed by atoms with Crippen molar-refractivity contribution in [1.82, 2.24) is 15.5 Å². The number of H-pyrrole nitrogens is 1. The molecule has 1 aliphatic heterocycles. The lowest BCUT2D eigenvalue weighted by atomic mass is 9.94. The van der Waals surface area contributed by atoms with Crippen LogP contribution in [0.5, 0.6) is 0 Å². The lowest BCUT2D eigenvalue weighted by molar-refractivity contribution is 0.455. The maximum absolute atomic E-state index is 5.49. The molecular weight excluding hydrogens is 202 g/mol. The van der Waals surface area contributed by atoms with E-state index in [9.17, 15) is 0 Å². The van der Waals surface area contributed by atoms with Gasteiger partial charge < -0.3 is 9.73 Å². The van der Waals surface area contributed by atoms with E-state index in [1.165, 1.54) is 11.1 Å². The highest BCUT2D eigenvalue weighted by atomic mass is 16.3. The number of nitrogens with zero attached hydrogens (tertiary/aromatic N) is 1. The third kappa shape index (κ3) is 1.30. The molecule has 2 N–H and O–H groups in total. The van der Waals surface area contributed by atoms with Gasteiger partial charge in [0.25, 0.3) is 0 Å². The molecular formula is C12H15N3O. The first kappa shape index (κ1) is 9.66. The van der Waals surface area contributed by atoms with Crippen LogP contribution < -0.4 is 5.32 Å². The van der Waals surface area contributed by atoms with Crippen LogP contribution in [0, 0.1) is 13.8 Å². The Morgan fingerprint density at radius 2 is 2.31 bits per heavy atom. The van der Waals surface area contributed by atoms with E-state index in [0.717, 1.165) is 30.1 Å². The van der Waals surface area contributed by atoms with Crippen molar-refractivity contribution in [3.63, 3.8) is 0 Å². The second kappa shape index (κ2) is 3.49. The van der Waals surface area contributed by atoms with Crippen LogP contribution in [0.25, 0.3) is 0 Å². The van der Waals surface area contributed by atoms with Crippen LogP contribution in [0.2, 0.25) is 0 Å².